The van der Waals surface area contributed by atoms with Crippen LogP contribution in [0.25, 0.3) is 11.3 Å². The van der Waals surface area contributed by atoms with Crippen molar-refractivity contribution in [2.75, 3.05) is 7.11 Å². The summed E-state index contributed by atoms with van der Waals surface area (Å²) in [6.45, 7) is 2.05. The molecule has 0 N–H and O–H groups in total. The van der Waals surface area contributed by atoms with Crippen molar-refractivity contribution in [1.29, 1.82) is 0 Å². The molecule has 0 bridgehead atoms. The van der Waals surface area contributed by atoms with Gasteiger partial charge in [0.15, 0.2) is 0 Å². The minimum atomic E-state index is 0.849. The summed E-state index contributed by atoms with van der Waals surface area (Å²) in [6.07, 6.45) is 1.67. The second kappa shape index (κ2) is 3.58. The van der Waals surface area contributed by atoms with Gasteiger partial charge >= 0.3 is 0 Å². The first-order chi connectivity index (χ1) is 6.81. The van der Waals surface area contributed by atoms with E-state index in [1.54, 1.807) is 13.4 Å². The fraction of sp³-hybridized carbons (Fsp3) is 0.167. The molecular weight excluding hydrogens is 176 g/mol. The number of benzene rings is 1. The molecule has 0 saturated heterocycles. The van der Waals surface area contributed by atoms with Gasteiger partial charge in [0.2, 0.25) is 0 Å². The van der Waals surface area contributed by atoms with Gasteiger partial charge in [-0.05, 0) is 36.8 Å². The van der Waals surface area contributed by atoms with Crippen molar-refractivity contribution >= 4 is 0 Å². The lowest BCUT2D eigenvalue weighted by molar-refractivity contribution is 0.414. The quantitative estimate of drug-likeness (QED) is 0.721. The molecule has 0 radical (unpaired) electrons. The summed E-state index contributed by atoms with van der Waals surface area (Å²) in [6, 6.07) is 9.78. The molecule has 1 aromatic carbocycles. The van der Waals surface area contributed by atoms with Crippen molar-refractivity contribution < 1.29 is 9.15 Å². The van der Waals surface area contributed by atoms with E-state index in [9.17, 15) is 0 Å². The topological polar surface area (TPSA) is 22.4 Å². The zero-order chi connectivity index (χ0) is 9.97. The highest BCUT2D eigenvalue weighted by Crippen LogP contribution is 2.27. The molecule has 0 saturated carbocycles. The molecule has 0 fully saturated rings. The Kier molecular flexibility index (Phi) is 2.27. The van der Waals surface area contributed by atoms with Crippen LogP contribution in [0.3, 0.4) is 0 Å². The van der Waals surface area contributed by atoms with E-state index in [0.717, 1.165) is 17.1 Å². The molecule has 2 aromatic rings. The highest BCUT2D eigenvalue weighted by molar-refractivity contribution is 5.63. The lowest BCUT2D eigenvalue weighted by Gasteiger charge is -2.05. The molecule has 0 aliphatic rings. The zero-order valence-electron chi connectivity index (χ0n) is 8.28. The number of aryl methyl sites for hydroxylation is 1. The number of rotatable bonds is 2. The molecule has 0 atom stereocenters. The molecule has 2 heteroatoms. The first-order valence-corrected chi connectivity index (χ1v) is 4.50. The van der Waals surface area contributed by atoms with Crippen LogP contribution in [0.5, 0.6) is 5.75 Å². The molecule has 2 rings (SSSR count). The van der Waals surface area contributed by atoms with E-state index in [2.05, 4.69) is 6.92 Å². The average Bonchev–Trinajstić information content (AvgIpc) is 2.71. The highest BCUT2D eigenvalue weighted by Gasteiger charge is 2.05. The summed E-state index contributed by atoms with van der Waals surface area (Å²) in [4.78, 5) is 0. The van der Waals surface area contributed by atoms with Crippen LogP contribution >= 0.6 is 0 Å². The Morgan fingerprint density at radius 2 is 2.07 bits per heavy atom. The van der Waals surface area contributed by atoms with Crippen LogP contribution in [-0.2, 0) is 0 Å². The minimum Gasteiger partial charge on any atom is -0.497 e. The van der Waals surface area contributed by atoms with E-state index in [0.29, 0.717) is 0 Å². The van der Waals surface area contributed by atoms with E-state index in [4.69, 9.17) is 9.15 Å². The van der Waals surface area contributed by atoms with Gasteiger partial charge in [0.1, 0.15) is 11.5 Å². The van der Waals surface area contributed by atoms with Gasteiger partial charge in [-0.3, -0.25) is 0 Å². The van der Waals surface area contributed by atoms with Gasteiger partial charge in [-0.2, -0.15) is 0 Å². The lowest BCUT2D eigenvalue weighted by Crippen LogP contribution is -1.86. The van der Waals surface area contributed by atoms with Crippen LogP contribution in [0.4, 0.5) is 0 Å². The third-order valence-corrected chi connectivity index (χ3v) is 2.23. The van der Waals surface area contributed by atoms with Crippen molar-refractivity contribution in [3.05, 3.63) is 42.2 Å². The summed E-state index contributed by atoms with van der Waals surface area (Å²) in [5.74, 6) is 1.73. The molecule has 0 amide bonds. The van der Waals surface area contributed by atoms with Gasteiger partial charge in [-0.15, -0.1) is 0 Å². The first kappa shape index (κ1) is 8.88. The Morgan fingerprint density at radius 1 is 1.21 bits per heavy atom. The Hall–Kier alpha value is -1.70. The normalized spacial score (nSPS) is 10.1. The molecule has 0 aliphatic heterocycles. The number of hydrogen-bond donors (Lipinski definition) is 0. The fourth-order valence-electron chi connectivity index (χ4n) is 1.43. The second-order valence-corrected chi connectivity index (χ2v) is 3.16. The molecule has 1 aromatic heterocycles. The third-order valence-electron chi connectivity index (χ3n) is 2.23. The molecule has 72 valence electrons. The maximum Gasteiger partial charge on any atom is 0.134 e. The predicted molar refractivity (Wildman–Crippen MR) is 55.4 cm³/mol. The largest absolute Gasteiger partial charge is 0.497 e. The van der Waals surface area contributed by atoms with Gasteiger partial charge in [-0.1, -0.05) is 6.07 Å². The third kappa shape index (κ3) is 1.51. The summed E-state index contributed by atoms with van der Waals surface area (Å²) < 4.78 is 10.5. The molecule has 2 nitrogen and oxygen atoms in total. The highest BCUT2D eigenvalue weighted by atomic mass is 16.5. The van der Waals surface area contributed by atoms with Crippen LogP contribution in [-0.4, -0.2) is 7.11 Å². The SMILES string of the molecule is COc1ccc(C)c(-c2ccco2)c1. The maximum absolute atomic E-state index is 5.34. The van der Waals surface area contributed by atoms with E-state index >= 15 is 0 Å². The van der Waals surface area contributed by atoms with Crippen molar-refractivity contribution in [3.8, 4) is 17.1 Å². The number of methoxy groups -OCH3 is 1. The summed E-state index contributed by atoms with van der Waals surface area (Å²) in [5, 5.41) is 0. The number of hydrogen-bond acceptors (Lipinski definition) is 2. The van der Waals surface area contributed by atoms with E-state index in [1.165, 1.54) is 5.56 Å². The van der Waals surface area contributed by atoms with Crippen LogP contribution in [0.1, 0.15) is 5.56 Å². The monoisotopic (exact) mass is 188 g/mol. The molecule has 0 aliphatic carbocycles. The standard InChI is InChI=1S/C12H12O2/c1-9-5-6-10(13-2)8-11(9)12-4-3-7-14-12/h3-8H,1-2H3. The van der Waals surface area contributed by atoms with Crippen molar-refractivity contribution in [2.24, 2.45) is 0 Å². The summed E-state index contributed by atoms with van der Waals surface area (Å²) in [5.41, 5.74) is 2.26. The predicted octanol–water partition coefficient (Wildman–Crippen LogP) is 3.26. The van der Waals surface area contributed by atoms with E-state index < -0.39 is 0 Å². The van der Waals surface area contributed by atoms with E-state index in [1.807, 2.05) is 30.3 Å². The minimum absolute atomic E-state index is 0.849. The molecule has 0 spiro atoms. The molecule has 0 unspecified atom stereocenters. The van der Waals surface area contributed by atoms with E-state index in [-0.39, 0.29) is 0 Å². The summed E-state index contributed by atoms with van der Waals surface area (Å²) in [7, 11) is 1.66. The summed E-state index contributed by atoms with van der Waals surface area (Å²) >= 11 is 0. The van der Waals surface area contributed by atoms with Gasteiger partial charge in [0.05, 0.1) is 13.4 Å². The number of ether oxygens (including phenoxy) is 1. The van der Waals surface area contributed by atoms with Crippen LogP contribution < -0.4 is 4.74 Å². The Morgan fingerprint density at radius 3 is 2.71 bits per heavy atom. The smallest absolute Gasteiger partial charge is 0.134 e. The molecular formula is C12H12O2. The Bertz CT molecular complexity index is 416. The van der Waals surface area contributed by atoms with Crippen molar-refractivity contribution in [2.45, 2.75) is 6.92 Å². The average molecular weight is 188 g/mol. The van der Waals surface area contributed by atoms with Crippen molar-refractivity contribution in [1.82, 2.24) is 0 Å². The van der Waals surface area contributed by atoms with Crippen LogP contribution in [0.15, 0.2) is 41.0 Å². The Balaban J connectivity index is 2.51. The lowest BCUT2D eigenvalue weighted by atomic mass is 10.1. The number of furan rings is 1. The van der Waals surface area contributed by atoms with Gasteiger partial charge < -0.3 is 9.15 Å². The van der Waals surface area contributed by atoms with Gasteiger partial charge in [-0.25, -0.2) is 0 Å². The maximum atomic E-state index is 5.34. The van der Waals surface area contributed by atoms with Crippen LogP contribution in [0, 0.1) is 6.92 Å². The van der Waals surface area contributed by atoms with Gasteiger partial charge in [0, 0.05) is 5.56 Å². The van der Waals surface area contributed by atoms with Gasteiger partial charge in [0.25, 0.3) is 0 Å². The zero-order valence-corrected chi connectivity index (χ0v) is 8.28. The molecule has 1 heterocycles. The fourth-order valence-corrected chi connectivity index (χ4v) is 1.43. The molecule has 14 heavy (non-hydrogen) atoms. The van der Waals surface area contributed by atoms with Crippen molar-refractivity contribution in [3.63, 3.8) is 0 Å². The first-order valence-electron chi connectivity index (χ1n) is 4.50. The second-order valence-electron chi connectivity index (χ2n) is 3.16. The van der Waals surface area contributed by atoms with Crippen LogP contribution in [0.2, 0.25) is 0 Å². The Labute approximate surface area is 83.1 Å².